The lowest BCUT2D eigenvalue weighted by molar-refractivity contribution is -0.175. The topological polar surface area (TPSA) is 372 Å². The summed E-state index contributed by atoms with van der Waals surface area (Å²) in [6, 6.07) is 8.77. The van der Waals surface area contributed by atoms with E-state index in [2.05, 4.69) is 33.3 Å². The van der Waals surface area contributed by atoms with E-state index in [1.807, 2.05) is 50.3 Å². The molecule has 632 valence electrons. The summed E-state index contributed by atoms with van der Waals surface area (Å²) >= 11 is 0. The van der Waals surface area contributed by atoms with Crippen LogP contribution < -0.4 is 37.9 Å². The maximum Gasteiger partial charge on any atom is 0.307 e. The molecule has 116 heavy (non-hydrogen) atoms. The van der Waals surface area contributed by atoms with Gasteiger partial charge in [0.05, 0.1) is 137 Å². The molecule has 8 heterocycles. The summed E-state index contributed by atoms with van der Waals surface area (Å²) in [6.07, 6.45) is 15.1. The Hall–Kier alpha value is -8.56. The number of carbonyl (C=O) groups excluding carboxylic acids is 8. The van der Waals surface area contributed by atoms with Crippen LogP contribution in [0.1, 0.15) is 143 Å². The molecule has 14 rings (SSSR count). The van der Waals surface area contributed by atoms with E-state index in [1.54, 1.807) is 65.1 Å². The summed E-state index contributed by atoms with van der Waals surface area (Å²) in [5.74, 6) is -3.49. The maximum atomic E-state index is 14.9. The lowest BCUT2D eigenvalue weighted by Crippen LogP contribution is -2.48. The summed E-state index contributed by atoms with van der Waals surface area (Å²) in [4.78, 5) is 126. The summed E-state index contributed by atoms with van der Waals surface area (Å²) < 4.78 is 124. The fourth-order valence-electron chi connectivity index (χ4n) is 17.2. The minimum absolute atomic E-state index is 0.0174. The number of nitrogens with zero attached hydrogens (tertiary/aromatic N) is 4. The van der Waals surface area contributed by atoms with Crippen LogP contribution in [0.15, 0.2) is 73.1 Å². The number of Topliss-reactive ketones (excluding diaryl/α,β-unsaturated/α-hetero) is 2. The molecular formula is C84H110N6O24S2. The van der Waals surface area contributed by atoms with Crippen LogP contribution in [0.2, 0.25) is 0 Å². The maximum absolute atomic E-state index is 14.9. The second-order valence-corrected chi connectivity index (χ2v) is 37.4. The van der Waals surface area contributed by atoms with Crippen LogP contribution in [0.4, 0.5) is 0 Å². The van der Waals surface area contributed by atoms with E-state index in [-0.39, 0.29) is 148 Å². The number of methoxy groups -OCH3 is 4. The number of carbonyl (C=O) groups is 8. The summed E-state index contributed by atoms with van der Waals surface area (Å²) in [5.41, 5.74) is -2.54. The Morgan fingerprint density at radius 1 is 0.517 bits per heavy atom. The highest BCUT2D eigenvalue weighted by Gasteiger charge is 2.64. The Labute approximate surface area is 677 Å². The number of amides is 4. The number of pyridine rings is 2. The van der Waals surface area contributed by atoms with Gasteiger partial charge in [0.15, 0.2) is 11.6 Å². The van der Waals surface area contributed by atoms with Crippen LogP contribution in [0.3, 0.4) is 0 Å². The predicted molar refractivity (Wildman–Crippen MR) is 421 cm³/mol. The highest BCUT2D eigenvalue weighted by atomic mass is 32.2. The third-order valence-electron chi connectivity index (χ3n) is 24.6. The van der Waals surface area contributed by atoms with Crippen molar-refractivity contribution in [2.24, 2.45) is 58.2 Å². The normalized spacial score (nSPS) is 29.9. The molecule has 32 heteroatoms. The predicted octanol–water partition coefficient (Wildman–Crippen LogP) is 8.30. The van der Waals surface area contributed by atoms with Gasteiger partial charge in [-0.1, -0.05) is 52.0 Å². The number of ether oxygens (including phenoxy) is 12. The Morgan fingerprint density at radius 2 is 0.914 bits per heavy atom. The number of hydrogen-bond donors (Lipinski definition) is 2. The average Bonchev–Trinajstić information content (AvgIpc) is 1.58. The second kappa shape index (κ2) is 36.8. The molecule has 0 unspecified atom stereocenters. The molecule has 14 atom stereocenters. The van der Waals surface area contributed by atoms with Gasteiger partial charge in [-0.25, -0.2) is 26.8 Å². The van der Waals surface area contributed by atoms with Gasteiger partial charge in [-0.15, -0.1) is 0 Å². The number of esters is 2. The smallest absolute Gasteiger partial charge is 0.307 e. The number of nitrogens with one attached hydrogen (secondary N) is 2. The van der Waals surface area contributed by atoms with Crippen molar-refractivity contribution in [3.05, 3.63) is 73.1 Å². The van der Waals surface area contributed by atoms with Gasteiger partial charge in [0.25, 0.3) is 0 Å². The van der Waals surface area contributed by atoms with E-state index in [0.717, 1.165) is 12.8 Å². The van der Waals surface area contributed by atoms with Gasteiger partial charge in [0.2, 0.25) is 55.4 Å². The monoisotopic (exact) mass is 1650 g/mol. The molecule has 0 radical (unpaired) electrons. The molecule has 2 aromatic heterocycles. The molecule has 4 aromatic rings. The van der Waals surface area contributed by atoms with Crippen LogP contribution in [-0.4, -0.2) is 225 Å². The van der Waals surface area contributed by atoms with Crippen LogP contribution in [0.5, 0.6) is 34.8 Å². The van der Waals surface area contributed by atoms with Crippen molar-refractivity contribution in [3.63, 3.8) is 0 Å². The van der Waals surface area contributed by atoms with Gasteiger partial charge in [-0.2, -0.15) is 0 Å². The van der Waals surface area contributed by atoms with Crippen molar-refractivity contribution < 1.29 is 112 Å². The molecule has 4 amide bonds. The highest BCUT2D eigenvalue weighted by Crippen LogP contribution is 2.59. The molecule has 8 fully saturated rings. The quantitative estimate of drug-likeness (QED) is 0.0339. The highest BCUT2D eigenvalue weighted by molar-refractivity contribution is 7.91. The van der Waals surface area contributed by atoms with E-state index in [0.29, 0.717) is 148 Å². The third-order valence-corrected chi connectivity index (χ3v) is 28.2. The first-order chi connectivity index (χ1) is 55.6. The number of aromatic nitrogens is 2. The van der Waals surface area contributed by atoms with Crippen LogP contribution in [0.25, 0.3) is 21.5 Å². The molecule has 4 saturated carbocycles. The van der Waals surface area contributed by atoms with E-state index in [1.165, 1.54) is 9.80 Å². The first kappa shape index (κ1) is 85.3. The Morgan fingerprint density at radius 3 is 1.27 bits per heavy atom. The molecule has 30 nitrogen and oxygen atoms in total. The zero-order chi connectivity index (χ0) is 82.4. The molecule has 2 N–H and O–H groups in total. The zero-order valence-corrected chi connectivity index (χ0v) is 69.0. The number of rotatable bonds is 26. The van der Waals surface area contributed by atoms with Gasteiger partial charge >= 0.3 is 11.9 Å². The van der Waals surface area contributed by atoms with Crippen LogP contribution in [-0.2, 0) is 86.8 Å². The van der Waals surface area contributed by atoms with Crippen molar-refractivity contribution in [3.8, 4) is 34.8 Å². The number of hydrogen-bond acceptors (Lipinski definition) is 26. The Kier molecular flexibility index (Phi) is 27.0. The molecule has 2 aromatic carbocycles. The first-order valence-corrected chi connectivity index (χ1v) is 43.9. The fourth-order valence-corrected chi connectivity index (χ4v) is 19.9. The molecule has 6 aliphatic heterocycles. The number of allylic oxidation sites excluding steroid dienone is 4. The molecule has 4 aliphatic carbocycles. The van der Waals surface area contributed by atoms with Crippen LogP contribution >= 0.6 is 0 Å². The van der Waals surface area contributed by atoms with E-state index < -0.39 is 101 Å². The summed E-state index contributed by atoms with van der Waals surface area (Å²) in [5, 5.41) is 1.39. The average molecular weight is 1650 g/mol. The minimum Gasteiger partial charge on any atom is -0.497 e. The zero-order valence-electron chi connectivity index (χ0n) is 67.4. The SMILES string of the molecule is COCCOc1cnc(O[C@@H]2C[C@H]3C(=O)C[C@]4(C(=O)NS(=O)(=O)C5CC5)C[C@H]4/C=C\CC[C@@H](C)C[C@@H](C)[C@H](CC(=O)OC4COC4)C(=O)N3C2)c2ccc(OC)cc12.COCCOc1cnc(O[C@@H]2C[C@H]3C(=O)C[C@]4(C(=O)NS(=O)(=O)C5CC5)C[C@H]4/C=C\CC[C@H](C)C[C@@H](C)[C@H](CC(=O)OC4COC4)C(=O)N3C2)c2ccc(OC)cc12. The number of ketones is 2. The van der Waals surface area contributed by atoms with Crippen molar-refractivity contribution in [2.45, 2.75) is 190 Å². The molecular weight excluding hydrogens is 1540 g/mol. The van der Waals surface area contributed by atoms with E-state index in [4.69, 9.17) is 56.8 Å². The van der Waals surface area contributed by atoms with E-state index >= 15 is 0 Å². The van der Waals surface area contributed by atoms with Crippen molar-refractivity contribution in [1.82, 2.24) is 29.2 Å². The third kappa shape index (κ3) is 20.1. The first-order valence-electron chi connectivity index (χ1n) is 40.8. The number of fused-ring (bicyclic) bond motifs is 6. The molecule has 0 bridgehead atoms. The number of benzene rings is 2. The van der Waals surface area contributed by atoms with Gasteiger partial charge in [0, 0.05) is 61.4 Å². The van der Waals surface area contributed by atoms with Crippen molar-refractivity contribution in [2.75, 3.05) is 94.4 Å². The van der Waals surface area contributed by atoms with Gasteiger partial charge in [-0.3, -0.25) is 47.8 Å². The summed E-state index contributed by atoms with van der Waals surface area (Å²) in [7, 11) is -1.45. The van der Waals surface area contributed by atoms with Crippen molar-refractivity contribution in [1.29, 1.82) is 0 Å². The van der Waals surface area contributed by atoms with Gasteiger partial charge in [0.1, 0.15) is 60.6 Å². The van der Waals surface area contributed by atoms with E-state index in [9.17, 15) is 55.2 Å². The second-order valence-electron chi connectivity index (χ2n) is 33.5. The summed E-state index contributed by atoms with van der Waals surface area (Å²) in [6.45, 7) is 10.7. The Bertz CT molecular complexity index is 4320. The molecule has 10 aliphatic rings. The minimum atomic E-state index is -3.87. The number of sulfonamides is 2. The largest absolute Gasteiger partial charge is 0.497 e. The van der Waals surface area contributed by atoms with Crippen LogP contribution in [0, 0.1) is 58.2 Å². The molecule has 0 spiro atoms. The van der Waals surface area contributed by atoms with Crippen molar-refractivity contribution >= 4 is 88.7 Å². The lowest BCUT2D eigenvalue weighted by Gasteiger charge is -2.33. The Balaban J connectivity index is 0.000000202. The van der Waals surface area contributed by atoms with Gasteiger partial charge < -0.3 is 66.6 Å². The lowest BCUT2D eigenvalue weighted by atomic mass is 9.82. The standard InChI is InChI=1S/2C42H55N3O12S/c2*1-25-7-5-6-8-27-19-42(27,41(49)44-58(50,51)31-10-11-31)20-36(46)35-17-29(22-45(35)40(48)33(26(2)15-25)18-38(47)56-30-23-54-24-30)57-39-32-12-9-28(53-4)16-34(32)37(21-43-39)55-14-13-52-3/h2*6,8-9,12,16,21,25-27,29-31,33,35H,5,7,10-11,13-15,17-20,22-24H2,1-4H3,(H,44,49)/b2*8-6-/t25-,26+,27+,29+,33-,35-,42+;25-,26-,27-,29-,33+,35+,42-/m01/s1. The fraction of sp³-hybridized carbons (Fsp3) is 0.643. The molecule has 4 saturated heterocycles. The van der Waals surface area contributed by atoms with Gasteiger partial charge in [-0.05, 0) is 149 Å².